The molecule has 7 atom stereocenters. The molecule has 2 aliphatic heterocycles. The molecule has 0 aromatic heterocycles. The van der Waals surface area contributed by atoms with Crippen LogP contribution in [-0.4, -0.2) is 87.4 Å². The fourth-order valence-electron chi connectivity index (χ4n) is 5.19. The number of alkyl carbamates (subject to hydrolysis) is 1. The van der Waals surface area contributed by atoms with Crippen molar-refractivity contribution < 1.29 is 38.4 Å². The number of carbonyl (C=O) groups is 3. The number of aliphatic hydroxyl groups is 1. The smallest absolute Gasteiger partial charge is 0.407 e. The van der Waals surface area contributed by atoms with Crippen molar-refractivity contribution in [3.05, 3.63) is 52.6 Å². The van der Waals surface area contributed by atoms with Crippen LogP contribution in [0, 0.1) is 5.92 Å². The quantitative estimate of drug-likeness (QED) is 0.136. The van der Waals surface area contributed by atoms with E-state index in [2.05, 4.69) is 29.0 Å². The molecule has 2 heterocycles. The summed E-state index contributed by atoms with van der Waals surface area (Å²) < 4.78 is 22.7. The molecule has 11 nitrogen and oxygen atoms in total. The van der Waals surface area contributed by atoms with Gasteiger partial charge in [0.2, 0.25) is 5.91 Å². The molecule has 4 N–H and O–H groups in total. The summed E-state index contributed by atoms with van der Waals surface area (Å²) in [7, 11) is 5.79. The number of carbonyl (C=O) groups excluding carboxylic acids is 3. The molecule has 0 bridgehead atoms. The maximum atomic E-state index is 12.5. The van der Waals surface area contributed by atoms with Gasteiger partial charge in [-0.25, -0.2) is 4.79 Å². The number of benzene rings is 1. The molecule has 0 saturated carbocycles. The van der Waals surface area contributed by atoms with Crippen molar-refractivity contribution in [1.82, 2.24) is 16.0 Å². The molecule has 0 aliphatic carbocycles. The highest BCUT2D eigenvalue weighted by Gasteiger charge is 2.63. The molecular weight excluding hydrogens is 590 g/mol. The Hall–Kier alpha value is -3.12. The van der Waals surface area contributed by atoms with E-state index in [9.17, 15) is 14.4 Å². The number of amides is 2. The molecule has 2 saturated heterocycles. The third-order valence-electron chi connectivity index (χ3n) is 8.02. The van der Waals surface area contributed by atoms with Gasteiger partial charge in [0.25, 0.3) is 0 Å². The van der Waals surface area contributed by atoms with Crippen molar-refractivity contribution in [2.45, 2.75) is 89.4 Å². The molecule has 1 aromatic carbocycles. The highest BCUT2D eigenvalue weighted by molar-refractivity contribution is 6.32. The molecule has 2 aliphatic rings. The number of epoxide rings is 1. The van der Waals surface area contributed by atoms with E-state index in [0.29, 0.717) is 23.6 Å². The van der Waals surface area contributed by atoms with Crippen LogP contribution in [0.5, 0.6) is 5.75 Å². The van der Waals surface area contributed by atoms with Crippen molar-refractivity contribution in [3.8, 4) is 5.75 Å². The number of ether oxygens (including phenoxy) is 4. The number of allylic oxidation sites excluding steroid dienone is 3. The van der Waals surface area contributed by atoms with E-state index >= 15 is 0 Å². The highest BCUT2D eigenvalue weighted by atomic mass is 35.5. The Morgan fingerprint density at radius 2 is 1.98 bits per heavy atom. The highest BCUT2D eigenvalue weighted by Crippen LogP contribution is 2.48. The summed E-state index contributed by atoms with van der Waals surface area (Å²) in [4.78, 5) is 37.2. The average molecular weight is 638 g/mol. The van der Waals surface area contributed by atoms with Crippen molar-refractivity contribution in [2.24, 2.45) is 5.92 Å². The van der Waals surface area contributed by atoms with Crippen LogP contribution in [0.1, 0.15) is 52.5 Å². The summed E-state index contributed by atoms with van der Waals surface area (Å²) in [5.41, 5.74) is 1.39. The predicted octanol–water partition coefficient (Wildman–Crippen LogP) is 3.71. The number of cyclic esters (lactones) is 1. The van der Waals surface area contributed by atoms with Gasteiger partial charge in [-0.05, 0) is 58.4 Å². The van der Waals surface area contributed by atoms with Gasteiger partial charge in [-0.2, -0.15) is 0 Å². The Kier molecular flexibility index (Phi) is 14.6. The molecule has 0 radical (unpaired) electrons. The molecule has 0 spiro atoms. The number of aliphatic hydroxyl groups excluding tert-OH is 1. The lowest BCUT2D eigenvalue weighted by Crippen LogP contribution is -2.49. The molecule has 2 amide bonds. The topological polar surface area (TPSA) is 148 Å². The van der Waals surface area contributed by atoms with Gasteiger partial charge in [0, 0.05) is 32.5 Å². The van der Waals surface area contributed by atoms with Gasteiger partial charge in [-0.1, -0.05) is 48.4 Å². The number of esters is 1. The zero-order chi connectivity index (χ0) is 33.0. The van der Waals surface area contributed by atoms with Crippen LogP contribution in [-0.2, 0) is 30.2 Å². The Morgan fingerprint density at radius 1 is 1.27 bits per heavy atom. The Balaban J connectivity index is 0.00000330. The second kappa shape index (κ2) is 17.4. The van der Waals surface area contributed by atoms with Crippen LogP contribution in [0.4, 0.5) is 4.79 Å². The molecule has 3 rings (SSSR count). The molecule has 246 valence electrons. The first-order valence-corrected chi connectivity index (χ1v) is 15.1. The second-order valence-corrected chi connectivity index (χ2v) is 11.6. The molecule has 1 aromatic rings. The third-order valence-corrected chi connectivity index (χ3v) is 8.33. The van der Waals surface area contributed by atoms with Crippen molar-refractivity contribution in [2.75, 3.05) is 28.3 Å². The molecule has 4 unspecified atom stereocenters. The number of hydrogen-bond acceptors (Lipinski definition) is 9. The maximum absolute atomic E-state index is 12.5. The van der Waals surface area contributed by atoms with E-state index in [1.54, 1.807) is 21.1 Å². The first-order valence-electron chi connectivity index (χ1n) is 14.7. The van der Waals surface area contributed by atoms with Crippen molar-refractivity contribution in [1.29, 1.82) is 0 Å². The number of methoxy groups -OCH3 is 1. The minimum atomic E-state index is -0.877. The van der Waals surface area contributed by atoms with Gasteiger partial charge >= 0.3 is 12.1 Å². The number of rotatable bonds is 14. The van der Waals surface area contributed by atoms with E-state index in [-0.39, 0.29) is 30.4 Å². The van der Waals surface area contributed by atoms with E-state index < -0.39 is 35.9 Å². The van der Waals surface area contributed by atoms with Gasteiger partial charge in [0.05, 0.1) is 24.7 Å². The minimum absolute atomic E-state index is 0.0314. The van der Waals surface area contributed by atoms with Gasteiger partial charge in [-0.3, -0.25) is 9.59 Å². The Labute approximate surface area is 265 Å². The largest absolute Gasteiger partial charge is 0.495 e. The zero-order valence-electron chi connectivity index (χ0n) is 26.9. The van der Waals surface area contributed by atoms with E-state index in [1.165, 1.54) is 12.6 Å². The summed E-state index contributed by atoms with van der Waals surface area (Å²) in [6.45, 7) is 7.53. The lowest BCUT2D eigenvalue weighted by atomic mass is 9.85. The Morgan fingerprint density at radius 3 is 2.61 bits per heavy atom. The lowest BCUT2D eigenvalue weighted by Gasteiger charge is -2.33. The third kappa shape index (κ3) is 10.2. The first-order chi connectivity index (χ1) is 20.9. The van der Waals surface area contributed by atoms with Gasteiger partial charge in [0.1, 0.15) is 29.6 Å². The van der Waals surface area contributed by atoms with Crippen LogP contribution in [0.25, 0.3) is 0 Å². The lowest BCUT2D eigenvalue weighted by molar-refractivity contribution is -0.155. The SMILES string of the molecule is CNC(=O)C[C@H](OC(=O)[C@@H](C)NC)C1(C)OC1[C@H](C)C1CC(C/C=C/C=C(\C)Cc2ccc(Cl)c(OC)c2)NC(=O)O1.CO. The fraction of sp³-hybridized carbons (Fsp3) is 0.594. The normalized spacial score (nSPS) is 25.0. The monoisotopic (exact) mass is 637 g/mol. The van der Waals surface area contributed by atoms with Crippen LogP contribution < -0.4 is 20.7 Å². The summed E-state index contributed by atoms with van der Waals surface area (Å²) >= 11 is 6.12. The summed E-state index contributed by atoms with van der Waals surface area (Å²) in [5, 5.41) is 15.9. The maximum Gasteiger partial charge on any atom is 0.407 e. The van der Waals surface area contributed by atoms with Crippen molar-refractivity contribution in [3.63, 3.8) is 0 Å². The van der Waals surface area contributed by atoms with Crippen LogP contribution in [0.3, 0.4) is 0 Å². The standard InChI is InChI=1S/C31H44ClN3O7.CH4O/c1-18(14-21-12-13-23(32)25(15-21)39-7)10-8-9-11-22-16-24(40-30(38)35-22)19(2)28-31(4,42-28)26(17-27(36)34-6)41-29(37)20(3)33-5;1-2/h8-10,12-13,15,19-20,22,24,26,28,33H,11,14,16-17H2,1-7H3,(H,34,36)(H,35,38);2H,1H3/b9-8+,18-10+;/t19-,20-,22?,24?,26+,28?,31?;/m1./s1. The van der Waals surface area contributed by atoms with E-state index in [0.717, 1.165) is 19.1 Å². The number of likely N-dealkylation sites (N-methyl/N-ethyl adjacent to an activating group) is 1. The second-order valence-electron chi connectivity index (χ2n) is 11.2. The Bertz CT molecular complexity index is 1190. The molecule has 44 heavy (non-hydrogen) atoms. The van der Waals surface area contributed by atoms with Gasteiger partial charge < -0.3 is 40.0 Å². The van der Waals surface area contributed by atoms with Crippen LogP contribution >= 0.6 is 11.6 Å². The molecular formula is C32H48ClN3O8. The first kappa shape index (κ1) is 37.1. The van der Waals surface area contributed by atoms with Crippen LogP contribution in [0.2, 0.25) is 5.02 Å². The van der Waals surface area contributed by atoms with E-state index in [1.807, 2.05) is 44.2 Å². The zero-order valence-corrected chi connectivity index (χ0v) is 27.7. The average Bonchev–Trinajstić information content (AvgIpc) is 3.71. The van der Waals surface area contributed by atoms with Crippen molar-refractivity contribution >= 4 is 29.6 Å². The van der Waals surface area contributed by atoms with E-state index in [4.69, 9.17) is 35.7 Å². The minimum Gasteiger partial charge on any atom is -0.495 e. The predicted molar refractivity (Wildman–Crippen MR) is 169 cm³/mol. The summed E-state index contributed by atoms with van der Waals surface area (Å²) in [6, 6.07) is 5.11. The molecule has 2 fully saturated rings. The van der Waals surface area contributed by atoms with Gasteiger partial charge in [0.15, 0.2) is 0 Å². The van der Waals surface area contributed by atoms with Gasteiger partial charge in [-0.15, -0.1) is 0 Å². The fourth-order valence-corrected chi connectivity index (χ4v) is 5.38. The summed E-state index contributed by atoms with van der Waals surface area (Å²) in [6.07, 6.45) is 6.03. The summed E-state index contributed by atoms with van der Waals surface area (Å²) in [5.74, 6) is -0.254. The molecule has 12 heteroatoms. The number of hydrogen-bond donors (Lipinski definition) is 4. The number of nitrogens with one attached hydrogen (secondary N) is 3. The number of halogens is 1. The van der Waals surface area contributed by atoms with Crippen LogP contribution in [0.15, 0.2) is 42.0 Å².